The number of methoxy groups -OCH3 is 1. The summed E-state index contributed by atoms with van der Waals surface area (Å²) >= 11 is 5.97. The number of carbonyl (C=O) groups is 1. The molecule has 0 atom stereocenters. The number of amides is 1. The minimum Gasteiger partial charge on any atom is -0.497 e. The number of carbonyl (C=O) groups excluding carboxylic acids is 1. The SMILES string of the molecule is COc1cccc(NC(=O)c2ccc(Nc3ccc(Cl)cc3C)nc2)c1. The second-order valence-electron chi connectivity index (χ2n) is 5.70. The third-order valence-electron chi connectivity index (χ3n) is 3.80. The molecule has 0 radical (unpaired) electrons. The number of hydrogen-bond donors (Lipinski definition) is 2. The largest absolute Gasteiger partial charge is 0.497 e. The van der Waals surface area contributed by atoms with Gasteiger partial charge in [-0.05, 0) is 55.0 Å². The molecule has 0 fully saturated rings. The number of nitrogens with one attached hydrogen (secondary N) is 2. The van der Waals surface area contributed by atoms with E-state index < -0.39 is 0 Å². The van der Waals surface area contributed by atoms with Gasteiger partial charge in [0, 0.05) is 28.7 Å². The molecular weight excluding hydrogens is 350 g/mol. The second kappa shape index (κ2) is 7.89. The molecule has 26 heavy (non-hydrogen) atoms. The van der Waals surface area contributed by atoms with Gasteiger partial charge in [-0.2, -0.15) is 0 Å². The second-order valence-corrected chi connectivity index (χ2v) is 6.14. The lowest BCUT2D eigenvalue weighted by molar-refractivity contribution is 0.102. The highest BCUT2D eigenvalue weighted by Crippen LogP contribution is 2.23. The standard InChI is InChI=1S/C20H18ClN3O2/c1-13-10-15(21)7-8-18(13)24-19-9-6-14(12-22-19)20(25)23-16-4-3-5-17(11-16)26-2/h3-12H,1-2H3,(H,22,24)(H,23,25). The Bertz CT molecular complexity index is 927. The summed E-state index contributed by atoms with van der Waals surface area (Å²) in [6.07, 6.45) is 1.53. The van der Waals surface area contributed by atoms with Crippen LogP contribution in [0, 0.1) is 6.92 Å². The van der Waals surface area contributed by atoms with Gasteiger partial charge < -0.3 is 15.4 Å². The lowest BCUT2D eigenvalue weighted by Gasteiger charge is -2.10. The van der Waals surface area contributed by atoms with Crippen molar-refractivity contribution in [2.24, 2.45) is 0 Å². The molecule has 0 saturated carbocycles. The van der Waals surface area contributed by atoms with Crippen molar-refractivity contribution in [1.29, 1.82) is 0 Å². The zero-order valence-corrected chi connectivity index (χ0v) is 15.2. The van der Waals surface area contributed by atoms with Gasteiger partial charge in [0.15, 0.2) is 0 Å². The fourth-order valence-electron chi connectivity index (χ4n) is 2.41. The number of aryl methyl sites for hydroxylation is 1. The van der Waals surface area contributed by atoms with Crippen molar-refractivity contribution in [3.05, 3.63) is 76.9 Å². The quantitative estimate of drug-likeness (QED) is 0.662. The van der Waals surface area contributed by atoms with Crippen molar-refractivity contribution in [3.63, 3.8) is 0 Å². The highest BCUT2D eigenvalue weighted by Gasteiger charge is 2.08. The van der Waals surface area contributed by atoms with E-state index in [9.17, 15) is 4.79 Å². The number of benzene rings is 2. The molecule has 0 spiro atoms. The molecule has 1 heterocycles. The van der Waals surface area contributed by atoms with Crippen molar-refractivity contribution in [2.45, 2.75) is 6.92 Å². The molecule has 0 unspecified atom stereocenters. The van der Waals surface area contributed by atoms with E-state index in [0.29, 0.717) is 27.8 Å². The maximum atomic E-state index is 12.3. The summed E-state index contributed by atoms with van der Waals surface area (Å²) in [4.78, 5) is 16.7. The van der Waals surface area contributed by atoms with Gasteiger partial charge in [0.1, 0.15) is 11.6 Å². The summed E-state index contributed by atoms with van der Waals surface area (Å²) in [6.45, 7) is 1.96. The first kappa shape index (κ1) is 17.8. The number of anilines is 3. The van der Waals surface area contributed by atoms with Gasteiger partial charge in [0.2, 0.25) is 0 Å². The average Bonchev–Trinajstić information content (AvgIpc) is 2.64. The highest BCUT2D eigenvalue weighted by atomic mass is 35.5. The van der Waals surface area contributed by atoms with Crippen LogP contribution in [0.4, 0.5) is 17.2 Å². The van der Waals surface area contributed by atoms with Crippen molar-refractivity contribution in [1.82, 2.24) is 4.98 Å². The van der Waals surface area contributed by atoms with E-state index in [1.165, 1.54) is 6.20 Å². The van der Waals surface area contributed by atoms with Crippen molar-refractivity contribution < 1.29 is 9.53 Å². The monoisotopic (exact) mass is 367 g/mol. The van der Waals surface area contributed by atoms with Crippen LogP contribution in [-0.2, 0) is 0 Å². The Hall–Kier alpha value is -3.05. The molecule has 3 rings (SSSR count). The third kappa shape index (κ3) is 4.32. The molecule has 2 N–H and O–H groups in total. The van der Waals surface area contributed by atoms with E-state index >= 15 is 0 Å². The smallest absolute Gasteiger partial charge is 0.257 e. The summed E-state index contributed by atoms with van der Waals surface area (Å²) in [5.41, 5.74) is 3.05. The Labute approximate surface area is 157 Å². The van der Waals surface area contributed by atoms with Gasteiger partial charge in [-0.25, -0.2) is 4.98 Å². The Morgan fingerprint density at radius 3 is 2.65 bits per heavy atom. The minimum absolute atomic E-state index is 0.236. The van der Waals surface area contributed by atoms with Crippen LogP contribution in [-0.4, -0.2) is 18.0 Å². The Morgan fingerprint density at radius 1 is 1.12 bits per heavy atom. The van der Waals surface area contributed by atoms with E-state index in [0.717, 1.165) is 11.3 Å². The molecule has 2 aromatic carbocycles. The molecule has 6 heteroatoms. The molecule has 0 saturated heterocycles. The minimum atomic E-state index is -0.236. The number of ether oxygens (including phenoxy) is 1. The molecule has 0 aliphatic carbocycles. The molecule has 0 aliphatic heterocycles. The topological polar surface area (TPSA) is 63.2 Å². The number of nitrogens with zero attached hydrogens (tertiary/aromatic N) is 1. The van der Waals surface area contributed by atoms with Crippen LogP contribution in [0.3, 0.4) is 0 Å². The summed E-state index contributed by atoms with van der Waals surface area (Å²) < 4.78 is 5.15. The number of rotatable bonds is 5. The number of halogens is 1. The Morgan fingerprint density at radius 2 is 1.96 bits per heavy atom. The molecule has 1 amide bonds. The molecule has 3 aromatic rings. The van der Waals surface area contributed by atoms with Crippen molar-refractivity contribution in [2.75, 3.05) is 17.7 Å². The third-order valence-corrected chi connectivity index (χ3v) is 4.04. The van der Waals surface area contributed by atoms with Crippen LogP contribution in [0.25, 0.3) is 0 Å². The van der Waals surface area contributed by atoms with Gasteiger partial charge in [0.25, 0.3) is 5.91 Å². The summed E-state index contributed by atoms with van der Waals surface area (Å²) in [7, 11) is 1.58. The van der Waals surface area contributed by atoms with E-state index in [1.807, 2.05) is 37.3 Å². The van der Waals surface area contributed by atoms with Crippen LogP contribution in [0.15, 0.2) is 60.8 Å². The average molecular weight is 368 g/mol. The van der Waals surface area contributed by atoms with Gasteiger partial charge in [-0.3, -0.25) is 4.79 Å². The molecular formula is C20H18ClN3O2. The highest BCUT2D eigenvalue weighted by molar-refractivity contribution is 6.30. The molecule has 132 valence electrons. The zero-order valence-electron chi connectivity index (χ0n) is 14.4. The first-order valence-corrected chi connectivity index (χ1v) is 8.37. The molecule has 5 nitrogen and oxygen atoms in total. The summed E-state index contributed by atoms with van der Waals surface area (Å²) in [6, 6.07) is 16.2. The molecule has 0 aliphatic rings. The number of aromatic nitrogens is 1. The predicted molar refractivity (Wildman–Crippen MR) is 105 cm³/mol. The van der Waals surface area contributed by atoms with Gasteiger partial charge in [-0.1, -0.05) is 17.7 Å². The maximum absolute atomic E-state index is 12.3. The van der Waals surface area contributed by atoms with Gasteiger partial charge >= 0.3 is 0 Å². The van der Waals surface area contributed by atoms with Crippen LogP contribution in [0.1, 0.15) is 15.9 Å². The van der Waals surface area contributed by atoms with E-state index in [2.05, 4.69) is 15.6 Å². The van der Waals surface area contributed by atoms with E-state index in [1.54, 1.807) is 31.4 Å². The van der Waals surface area contributed by atoms with E-state index in [4.69, 9.17) is 16.3 Å². The molecule has 0 bridgehead atoms. The van der Waals surface area contributed by atoms with Crippen LogP contribution < -0.4 is 15.4 Å². The molecule has 1 aromatic heterocycles. The van der Waals surface area contributed by atoms with E-state index in [-0.39, 0.29) is 5.91 Å². The fourth-order valence-corrected chi connectivity index (χ4v) is 2.64. The van der Waals surface area contributed by atoms with Crippen LogP contribution in [0.2, 0.25) is 5.02 Å². The van der Waals surface area contributed by atoms with Crippen LogP contribution >= 0.6 is 11.6 Å². The summed E-state index contributed by atoms with van der Waals surface area (Å²) in [5.74, 6) is 1.09. The van der Waals surface area contributed by atoms with Crippen molar-refractivity contribution >= 4 is 34.7 Å². The Balaban J connectivity index is 1.69. The zero-order chi connectivity index (χ0) is 18.5. The lowest BCUT2D eigenvalue weighted by atomic mass is 10.2. The maximum Gasteiger partial charge on any atom is 0.257 e. The predicted octanol–water partition coefficient (Wildman–Crippen LogP) is 5.05. The number of pyridine rings is 1. The number of hydrogen-bond acceptors (Lipinski definition) is 4. The van der Waals surface area contributed by atoms with Gasteiger partial charge in [-0.15, -0.1) is 0 Å². The first-order chi connectivity index (χ1) is 12.5. The van der Waals surface area contributed by atoms with Crippen molar-refractivity contribution in [3.8, 4) is 5.75 Å². The normalized spacial score (nSPS) is 10.3. The first-order valence-electron chi connectivity index (χ1n) is 8.00. The fraction of sp³-hybridized carbons (Fsp3) is 0.100. The Kier molecular flexibility index (Phi) is 5.39. The summed E-state index contributed by atoms with van der Waals surface area (Å²) in [5, 5.41) is 6.72. The van der Waals surface area contributed by atoms with Crippen LogP contribution in [0.5, 0.6) is 5.75 Å². The lowest BCUT2D eigenvalue weighted by Crippen LogP contribution is -2.12. The van der Waals surface area contributed by atoms with Gasteiger partial charge in [0.05, 0.1) is 12.7 Å².